The third-order valence-corrected chi connectivity index (χ3v) is 1.70. The van der Waals surface area contributed by atoms with Crippen molar-refractivity contribution in [3.05, 3.63) is 11.8 Å². The summed E-state index contributed by atoms with van der Waals surface area (Å²) in [5.74, 6) is 0.629. The van der Waals surface area contributed by atoms with Crippen LogP contribution in [0, 0.1) is 5.92 Å². The van der Waals surface area contributed by atoms with Crippen molar-refractivity contribution < 1.29 is 0 Å². The minimum atomic E-state index is 0.124. The molecule has 0 aliphatic carbocycles. The number of rotatable bonds is 4. The highest BCUT2D eigenvalue weighted by molar-refractivity contribution is 5.93. The fourth-order valence-corrected chi connectivity index (χ4v) is 1.31. The van der Waals surface area contributed by atoms with E-state index in [0.29, 0.717) is 5.92 Å². The Kier molecular flexibility index (Phi) is 5.63. The van der Waals surface area contributed by atoms with Crippen molar-refractivity contribution in [2.75, 3.05) is 6.54 Å². The van der Waals surface area contributed by atoms with Crippen molar-refractivity contribution in [1.29, 1.82) is 0 Å². The van der Waals surface area contributed by atoms with Crippen LogP contribution in [0.5, 0.6) is 0 Å². The van der Waals surface area contributed by atoms with E-state index in [1.165, 1.54) is 5.70 Å². The lowest BCUT2D eigenvalue weighted by Gasteiger charge is -2.22. The molecule has 0 rings (SSSR count). The van der Waals surface area contributed by atoms with E-state index in [1.807, 2.05) is 0 Å². The first kappa shape index (κ1) is 14.2. The van der Waals surface area contributed by atoms with Crippen molar-refractivity contribution in [2.24, 2.45) is 10.9 Å². The van der Waals surface area contributed by atoms with Gasteiger partial charge in [0.25, 0.3) is 0 Å². The summed E-state index contributed by atoms with van der Waals surface area (Å²) in [6, 6.07) is 0. The number of hydrogen-bond acceptors (Lipinski definition) is 2. The lowest BCUT2D eigenvalue weighted by molar-refractivity contribution is 0.474. The van der Waals surface area contributed by atoms with Gasteiger partial charge in [-0.3, -0.25) is 4.99 Å². The van der Waals surface area contributed by atoms with E-state index >= 15 is 0 Å². The Morgan fingerprint density at radius 3 is 2.20 bits per heavy atom. The van der Waals surface area contributed by atoms with Crippen LogP contribution in [0.2, 0.25) is 0 Å². The molecule has 1 N–H and O–H groups in total. The van der Waals surface area contributed by atoms with Crippen LogP contribution in [0.4, 0.5) is 0 Å². The van der Waals surface area contributed by atoms with E-state index < -0.39 is 0 Å². The molecular weight excluding hydrogens is 184 g/mol. The molecule has 0 bridgehead atoms. The van der Waals surface area contributed by atoms with Gasteiger partial charge in [0.05, 0.1) is 0 Å². The molecule has 2 nitrogen and oxygen atoms in total. The maximum Gasteiger partial charge on any atom is 0.0415 e. The lowest BCUT2D eigenvalue weighted by Crippen LogP contribution is -2.34. The molecule has 2 heteroatoms. The van der Waals surface area contributed by atoms with Crippen LogP contribution < -0.4 is 5.32 Å². The molecule has 0 unspecified atom stereocenters. The van der Waals surface area contributed by atoms with Gasteiger partial charge in [0.2, 0.25) is 0 Å². The fourth-order valence-electron chi connectivity index (χ4n) is 1.31. The molecule has 0 aromatic carbocycles. The summed E-state index contributed by atoms with van der Waals surface area (Å²) >= 11 is 0. The lowest BCUT2D eigenvalue weighted by atomic mass is 10.1. The van der Waals surface area contributed by atoms with Crippen molar-refractivity contribution >= 4 is 5.71 Å². The molecule has 88 valence electrons. The molecule has 0 atom stereocenters. The van der Waals surface area contributed by atoms with Crippen LogP contribution in [-0.2, 0) is 0 Å². The smallest absolute Gasteiger partial charge is 0.0415 e. The maximum absolute atomic E-state index is 4.49. The number of nitrogens with one attached hydrogen (secondary N) is 1. The van der Waals surface area contributed by atoms with Crippen molar-refractivity contribution in [3.63, 3.8) is 0 Å². The Bertz CT molecular complexity index is 242. The Morgan fingerprint density at radius 2 is 1.80 bits per heavy atom. The molecule has 0 aromatic heterocycles. The van der Waals surface area contributed by atoms with Crippen LogP contribution in [-0.4, -0.2) is 17.8 Å². The normalized spacial score (nSPS) is 14.7. The minimum absolute atomic E-state index is 0.124. The van der Waals surface area contributed by atoms with Crippen LogP contribution in [0.3, 0.4) is 0 Å². The third-order valence-electron chi connectivity index (χ3n) is 1.70. The third kappa shape index (κ3) is 9.51. The maximum atomic E-state index is 4.49. The second kappa shape index (κ2) is 5.94. The summed E-state index contributed by atoms with van der Waals surface area (Å²) in [6.45, 7) is 15.9. The Labute approximate surface area is 94.9 Å². The number of hydrogen-bond donors (Lipinski definition) is 1. The topological polar surface area (TPSA) is 24.4 Å². The van der Waals surface area contributed by atoms with Gasteiger partial charge in [-0.1, -0.05) is 13.8 Å². The van der Waals surface area contributed by atoms with Gasteiger partial charge in [-0.15, -0.1) is 0 Å². The molecular formula is C13H26N2. The van der Waals surface area contributed by atoms with Gasteiger partial charge in [-0.05, 0) is 46.6 Å². The Morgan fingerprint density at radius 1 is 1.27 bits per heavy atom. The largest absolute Gasteiger partial charge is 0.384 e. The molecule has 0 amide bonds. The summed E-state index contributed by atoms with van der Waals surface area (Å²) < 4.78 is 0. The summed E-state index contributed by atoms with van der Waals surface area (Å²) in [5.41, 5.74) is 2.39. The van der Waals surface area contributed by atoms with E-state index in [-0.39, 0.29) is 5.54 Å². The van der Waals surface area contributed by atoms with E-state index in [0.717, 1.165) is 12.3 Å². The van der Waals surface area contributed by atoms with Gasteiger partial charge in [-0.25, -0.2) is 0 Å². The molecule has 0 heterocycles. The zero-order chi connectivity index (χ0) is 12.1. The molecule has 0 radical (unpaired) electrons. The van der Waals surface area contributed by atoms with Gasteiger partial charge < -0.3 is 5.32 Å². The first-order chi connectivity index (χ1) is 6.70. The molecule has 0 aromatic rings. The molecule has 15 heavy (non-hydrogen) atoms. The van der Waals surface area contributed by atoms with Crippen molar-refractivity contribution in [2.45, 2.75) is 54.0 Å². The van der Waals surface area contributed by atoms with Crippen LogP contribution in [0.1, 0.15) is 48.5 Å². The molecule has 0 saturated heterocycles. The Hall–Kier alpha value is -0.790. The summed E-state index contributed by atoms with van der Waals surface area (Å²) in [4.78, 5) is 4.49. The van der Waals surface area contributed by atoms with E-state index in [4.69, 9.17) is 0 Å². The highest BCUT2D eigenvalue weighted by Gasteiger charge is 2.08. The van der Waals surface area contributed by atoms with Crippen molar-refractivity contribution in [3.8, 4) is 0 Å². The van der Waals surface area contributed by atoms with Gasteiger partial charge >= 0.3 is 0 Å². The van der Waals surface area contributed by atoms with Crippen LogP contribution in [0.25, 0.3) is 0 Å². The zero-order valence-electron chi connectivity index (χ0n) is 11.3. The second-order valence-electron chi connectivity index (χ2n) is 5.58. The SMILES string of the molecule is CC(=CC(C)=NCC(C)C)NC(C)(C)C. The Balaban J connectivity index is 4.29. The molecule has 0 fully saturated rings. The second-order valence-corrected chi connectivity index (χ2v) is 5.58. The van der Waals surface area contributed by atoms with Crippen LogP contribution >= 0.6 is 0 Å². The molecule has 0 aliphatic rings. The summed E-state index contributed by atoms with van der Waals surface area (Å²) in [7, 11) is 0. The average Bonchev–Trinajstić information content (AvgIpc) is 1.96. The predicted octanol–water partition coefficient (Wildman–Crippen LogP) is 3.40. The monoisotopic (exact) mass is 210 g/mol. The number of aliphatic imine (C=N–C) groups is 1. The predicted molar refractivity (Wildman–Crippen MR) is 69.5 cm³/mol. The van der Waals surface area contributed by atoms with Gasteiger partial charge in [0.15, 0.2) is 0 Å². The number of nitrogens with zero attached hydrogens (tertiary/aromatic N) is 1. The summed E-state index contributed by atoms with van der Waals surface area (Å²) in [6.07, 6.45) is 2.10. The zero-order valence-corrected chi connectivity index (χ0v) is 11.3. The standard InChI is InChI=1S/C13H26N2/c1-10(2)9-14-11(3)8-12(4)15-13(5,6)7/h8,10,15H,9H2,1-7H3. The quantitative estimate of drug-likeness (QED) is 0.707. The highest BCUT2D eigenvalue weighted by atomic mass is 15.0. The van der Waals surface area contributed by atoms with Gasteiger partial charge in [0.1, 0.15) is 0 Å². The highest BCUT2D eigenvalue weighted by Crippen LogP contribution is 2.03. The van der Waals surface area contributed by atoms with E-state index in [2.05, 4.69) is 64.9 Å². The molecule has 0 aliphatic heterocycles. The molecule has 0 spiro atoms. The van der Waals surface area contributed by atoms with E-state index in [1.54, 1.807) is 0 Å². The summed E-state index contributed by atoms with van der Waals surface area (Å²) in [5, 5.41) is 3.42. The van der Waals surface area contributed by atoms with Crippen molar-refractivity contribution in [1.82, 2.24) is 5.32 Å². The van der Waals surface area contributed by atoms with Gasteiger partial charge in [-0.2, -0.15) is 0 Å². The van der Waals surface area contributed by atoms with E-state index in [9.17, 15) is 0 Å². The first-order valence-electron chi connectivity index (χ1n) is 5.68. The van der Waals surface area contributed by atoms with Crippen LogP contribution in [0.15, 0.2) is 16.8 Å². The number of allylic oxidation sites excluding steroid dienone is 2. The van der Waals surface area contributed by atoms with Gasteiger partial charge in [0, 0.05) is 23.5 Å². The fraction of sp³-hybridized carbons (Fsp3) is 0.769. The first-order valence-corrected chi connectivity index (χ1v) is 5.68. The average molecular weight is 210 g/mol. The molecule has 0 saturated carbocycles. The minimum Gasteiger partial charge on any atom is -0.384 e.